The van der Waals surface area contributed by atoms with E-state index in [0.717, 1.165) is 11.1 Å². The van der Waals surface area contributed by atoms with Gasteiger partial charge in [-0.25, -0.2) is 0 Å². The van der Waals surface area contributed by atoms with Crippen molar-refractivity contribution < 1.29 is 14.3 Å². The molecule has 1 aliphatic heterocycles. The molecule has 3 N–H and O–H groups in total. The quantitative estimate of drug-likeness (QED) is 0.817. The predicted octanol–water partition coefficient (Wildman–Crippen LogP) is 2.00. The SMILES string of the molecule is NC(=O)c1ccc(C#CCNC(=O)C2(c3ccccc3)CCOCC2)cc1. The molecule has 0 spiro atoms. The number of carbonyl (C=O) groups excluding carboxylic acids is 2. The second-order valence-corrected chi connectivity index (χ2v) is 6.49. The van der Waals surface area contributed by atoms with Crippen LogP contribution in [0.2, 0.25) is 0 Å². The fourth-order valence-corrected chi connectivity index (χ4v) is 3.28. The average molecular weight is 362 g/mol. The van der Waals surface area contributed by atoms with Crippen molar-refractivity contribution in [3.8, 4) is 11.8 Å². The molecular weight excluding hydrogens is 340 g/mol. The van der Waals surface area contributed by atoms with Crippen molar-refractivity contribution in [1.29, 1.82) is 0 Å². The van der Waals surface area contributed by atoms with Crippen molar-refractivity contribution in [3.05, 3.63) is 71.3 Å². The van der Waals surface area contributed by atoms with Crippen molar-refractivity contribution >= 4 is 11.8 Å². The highest BCUT2D eigenvalue weighted by atomic mass is 16.5. The first kappa shape index (κ1) is 18.7. The Morgan fingerprint density at radius 1 is 1.04 bits per heavy atom. The van der Waals surface area contributed by atoms with Gasteiger partial charge in [-0.2, -0.15) is 0 Å². The fourth-order valence-electron chi connectivity index (χ4n) is 3.28. The Hall–Kier alpha value is -3.10. The zero-order valence-electron chi connectivity index (χ0n) is 15.0. The number of amides is 2. The number of hydrogen-bond acceptors (Lipinski definition) is 3. The van der Waals surface area contributed by atoms with Crippen LogP contribution in [0.3, 0.4) is 0 Å². The first-order chi connectivity index (χ1) is 13.1. The molecule has 2 amide bonds. The zero-order valence-corrected chi connectivity index (χ0v) is 15.0. The van der Waals surface area contributed by atoms with Gasteiger partial charge in [-0.15, -0.1) is 0 Å². The fraction of sp³-hybridized carbons (Fsp3) is 0.273. The van der Waals surface area contributed by atoms with Crippen LogP contribution in [0.25, 0.3) is 0 Å². The van der Waals surface area contributed by atoms with Crippen LogP contribution in [0.4, 0.5) is 0 Å². The van der Waals surface area contributed by atoms with Gasteiger partial charge in [-0.1, -0.05) is 42.2 Å². The molecule has 1 fully saturated rings. The molecule has 1 heterocycles. The molecule has 1 aliphatic rings. The van der Waals surface area contributed by atoms with E-state index in [1.54, 1.807) is 24.3 Å². The largest absolute Gasteiger partial charge is 0.381 e. The normalized spacial score (nSPS) is 15.3. The van der Waals surface area contributed by atoms with Gasteiger partial charge in [0.25, 0.3) is 0 Å². The number of ether oxygens (including phenoxy) is 1. The lowest BCUT2D eigenvalue weighted by Crippen LogP contribution is -2.48. The third kappa shape index (κ3) is 4.36. The Balaban J connectivity index is 1.66. The van der Waals surface area contributed by atoms with Crippen LogP contribution < -0.4 is 11.1 Å². The summed E-state index contributed by atoms with van der Waals surface area (Å²) in [5.41, 5.74) is 6.87. The van der Waals surface area contributed by atoms with E-state index >= 15 is 0 Å². The number of nitrogens with two attached hydrogens (primary N) is 1. The van der Waals surface area contributed by atoms with E-state index in [-0.39, 0.29) is 12.5 Å². The highest BCUT2D eigenvalue weighted by molar-refractivity contribution is 5.92. The topological polar surface area (TPSA) is 81.4 Å². The van der Waals surface area contributed by atoms with Crippen molar-refractivity contribution in [2.45, 2.75) is 18.3 Å². The predicted molar refractivity (Wildman–Crippen MR) is 103 cm³/mol. The van der Waals surface area contributed by atoms with Crippen LogP contribution in [-0.4, -0.2) is 31.6 Å². The molecule has 2 aromatic carbocycles. The summed E-state index contributed by atoms with van der Waals surface area (Å²) < 4.78 is 5.47. The second-order valence-electron chi connectivity index (χ2n) is 6.49. The summed E-state index contributed by atoms with van der Waals surface area (Å²) in [7, 11) is 0. The third-order valence-corrected chi connectivity index (χ3v) is 4.85. The molecule has 1 saturated heterocycles. The minimum absolute atomic E-state index is 0.0182. The molecule has 0 aromatic heterocycles. The number of nitrogens with one attached hydrogen (secondary N) is 1. The molecule has 0 atom stereocenters. The Morgan fingerprint density at radius 3 is 2.33 bits per heavy atom. The summed E-state index contributed by atoms with van der Waals surface area (Å²) in [6.07, 6.45) is 1.32. The van der Waals surface area contributed by atoms with Crippen molar-refractivity contribution in [3.63, 3.8) is 0 Å². The second kappa shape index (κ2) is 8.52. The molecule has 0 bridgehead atoms. The highest BCUT2D eigenvalue weighted by Crippen LogP contribution is 2.35. The van der Waals surface area contributed by atoms with Crippen molar-refractivity contribution in [2.75, 3.05) is 19.8 Å². The summed E-state index contributed by atoms with van der Waals surface area (Å²) in [5.74, 6) is 5.45. The molecule has 2 aromatic rings. The Bertz CT molecular complexity index is 858. The lowest BCUT2D eigenvalue weighted by molar-refractivity contribution is -0.130. The molecule has 0 saturated carbocycles. The van der Waals surface area contributed by atoms with Crippen LogP contribution in [-0.2, 0) is 14.9 Å². The summed E-state index contributed by atoms with van der Waals surface area (Å²) in [6, 6.07) is 16.6. The smallest absolute Gasteiger partial charge is 0.248 e. The summed E-state index contributed by atoms with van der Waals surface area (Å²) in [6.45, 7) is 1.40. The van der Waals surface area contributed by atoms with Gasteiger partial charge < -0.3 is 15.8 Å². The van der Waals surface area contributed by atoms with Crippen molar-refractivity contribution in [2.24, 2.45) is 5.73 Å². The summed E-state index contributed by atoms with van der Waals surface area (Å²) in [4.78, 5) is 24.0. The van der Waals surface area contributed by atoms with Gasteiger partial charge in [0.15, 0.2) is 0 Å². The van der Waals surface area contributed by atoms with Gasteiger partial charge in [0.05, 0.1) is 12.0 Å². The molecular formula is C22H22N2O3. The molecule has 0 unspecified atom stereocenters. The van der Waals surface area contributed by atoms with Crippen LogP contribution in [0.1, 0.15) is 34.3 Å². The van der Waals surface area contributed by atoms with Crippen molar-refractivity contribution in [1.82, 2.24) is 5.32 Å². The Morgan fingerprint density at radius 2 is 1.70 bits per heavy atom. The van der Waals surface area contributed by atoms with Gasteiger partial charge in [0.1, 0.15) is 0 Å². The number of hydrogen-bond donors (Lipinski definition) is 2. The summed E-state index contributed by atoms with van der Waals surface area (Å²) in [5, 5.41) is 2.95. The van der Waals surface area contributed by atoms with E-state index in [0.29, 0.717) is 31.6 Å². The van der Waals surface area contributed by atoms with Gasteiger partial charge in [-0.05, 0) is 42.7 Å². The van der Waals surface area contributed by atoms with E-state index in [2.05, 4.69) is 17.2 Å². The Kier molecular flexibility index (Phi) is 5.90. The van der Waals surface area contributed by atoms with E-state index in [9.17, 15) is 9.59 Å². The first-order valence-corrected chi connectivity index (χ1v) is 8.92. The highest BCUT2D eigenvalue weighted by Gasteiger charge is 2.41. The molecule has 0 radical (unpaired) electrons. The standard InChI is InChI=1S/C22H22N2O3/c23-20(25)18-10-8-17(9-11-18)5-4-14-24-21(26)22(12-15-27-16-13-22)19-6-2-1-3-7-19/h1-3,6-11H,12-16H2,(H2,23,25)(H,24,26). The maximum Gasteiger partial charge on any atom is 0.248 e. The minimum Gasteiger partial charge on any atom is -0.381 e. The molecule has 138 valence electrons. The zero-order chi connectivity index (χ0) is 19.1. The van der Waals surface area contributed by atoms with Crippen LogP contribution in [0, 0.1) is 11.8 Å². The van der Waals surface area contributed by atoms with Gasteiger partial charge in [0, 0.05) is 24.3 Å². The summed E-state index contributed by atoms with van der Waals surface area (Å²) >= 11 is 0. The van der Waals surface area contributed by atoms with E-state index < -0.39 is 11.3 Å². The van der Waals surface area contributed by atoms with E-state index in [1.807, 2.05) is 30.3 Å². The van der Waals surface area contributed by atoms with Gasteiger partial charge in [-0.3, -0.25) is 9.59 Å². The van der Waals surface area contributed by atoms with Gasteiger partial charge in [0.2, 0.25) is 11.8 Å². The monoisotopic (exact) mass is 362 g/mol. The van der Waals surface area contributed by atoms with E-state index in [4.69, 9.17) is 10.5 Å². The molecule has 5 nitrogen and oxygen atoms in total. The third-order valence-electron chi connectivity index (χ3n) is 4.85. The molecule has 5 heteroatoms. The van der Waals surface area contributed by atoms with Crippen LogP contribution in [0.15, 0.2) is 54.6 Å². The van der Waals surface area contributed by atoms with Crippen LogP contribution >= 0.6 is 0 Å². The first-order valence-electron chi connectivity index (χ1n) is 8.92. The number of rotatable bonds is 4. The van der Waals surface area contributed by atoms with Gasteiger partial charge >= 0.3 is 0 Å². The molecule has 27 heavy (non-hydrogen) atoms. The maximum atomic E-state index is 13.0. The number of benzene rings is 2. The maximum absolute atomic E-state index is 13.0. The lowest BCUT2D eigenvalue weighted by atomic mass is 9.73. The average Bonchev–Trinajstić information content (AvgIpc) is 2.72. The number of carbonyl (C=O) groups is 2. The number of primary amides is 1. The van der Waals surface area contributed by atoms with Crippen LogP contribution in [0.5, 0.6) is 0 Å². The molecule has 0 aliphatic carbocycles. The Labute approximate surface area is 158 Å². The lowest BCUT2D eigenvalue weighted by Gasteiger charge is -2.36. The molecule has 3 rings (SSSR count). The van der Waals surface area contributed by atoms with E-state index in [1.165, 1.54) is 0 Å². The minimum atomic E-state index is -0.565.